The van der Waals surface area contributed by atoms with Gasteiger partial charge in [-0.1, -0.05) is 24.3 Å². The minimum absolute atomic E-state index is 0.207. The topological polar surface area (TPSA) is 78.0 Å². The van der Waals surface area contributed by atoms with E-state index in [0.29, 0.717) is 19.0 Å². The Labute approximate surface area is 168 Å². The van der Waals surface area contributed by atoms with Crippen LogP contribution >= 0.6 is 11.8 Å². The monoisotopic (exact) mass is 398 g/mol. The Morgan fingerprint density at radius 3 is 2.75 bits per heavy atom. The number of H-pyrrole nitrogens is 1. The van der Waals surface area contributed by atoms with Gasteiger partial charge in [0.25, 0.3) is 0 Å². The van der Waals surface area contributed by atoms with Crippen LogP contribution in [0.15, 0.2) is 53.8 Å². The Kier molecular flexibility index (Phi) is 7.02. The minimum atomic E-state index is -0.207. The summed E-state index contributed by atoms with van der Waals surface area (Å²) in [6, 6.07) is 13.0. The molecule has 0 amide bonds. The van der Waals surface area contributed by atoms with Crippen LogP contribution in [0.4, 0.5) is 4.39 Å². The van der Waals surface area contributed by atoms with Gasteiger partial charge in [0.05, 0.1) is 0 Å². The van der Waals surface area contributed by atoms with Crippen molar-refractivity contribution in [1.29, 1.82) is 0 Å². The number of benzene rings is 2. The lowest BCUT2D eigenvalue weighted by molar-refractivity contribution is 0.625. The van der Waals surface area contributed by atoms with Crippen LogP contribution in [0.1, 0.15) is 16.7 Å². The maximum Gasteiger partial charge on any atom is 0.191 e. The molecule has 8 heteroatoms. The second kappa shape index (κ2) is 9.89. The van der Waals surface area contributed by atoms with Crippen LogP contribution in [0.3, 0.4) is 0 Å². The van der Waals surface area contributed by atoms with E-state index in [2.05, 4.69) is 36.9 Å². The molecule has 0 spiro atoms. The summed E-state index contributed by atoms with van der Waals surface area (Å²) in [5.74, 6) is 1.99. The van der Waals surface area contributed by atoms with Crippen molar-refractivity contribution in [3.05, 3.63) is 71.3 Å². The number of hydrogen-bond donors (Lipinski definition) is 3. The van der Waals surface area contributed by atoms with Crippen molar-refractivity contribution < 1.29 is 4.39 Å². The van der Waals surface area contributed by atoms with Crippen molar-refractivity contribution in [3.63, 3.8) is 0 Å². The van der Waals surface area contributed by atoms with Crippen molar-refractivity contribution in [1.82, 2.24) is 25.8 Å². The predicted octanol–water partition coefficient (Wildman–Crippen LogP) is 3.34. The average Bonchev–Trinajstić information content (AvgIpc) is 3.25. The molecule has 0 radical (unpaired) electrons. The van der Waals surface area contributed by atoms with Crippen LogP contribution in [0.2, 0.25) is 0 Å². The summed E-state index contributed by atoms with van der Waals surface area (Å²) in [5, 5.41) is 13.4. The number of rotatable bonds is 7. The molecular formula is C20H23FN6S. The first-order valence-corrected chi connectivity index (χ1v) is 10.2. The van der Waals surface area contributed by atoms with Gasteiger partial charge >= 0.3 is 0 Å². The Balaban J connectivity index is 1.59. The number of aliphatic imine (C=N–C) groups is 1. The molecule has 1 aromatic heterocycles. The summed E-state index contributed by atoms with van der Waals surface area (Å²) in [5.41, 5.74) is 4.13. The first-order valence-electron chi connectivity index (χ1n) is 8.85. The SMILES string of the molecule is CN=C(NCc1cccc(-c2ncn[nH]2)c1)NCc1ccc(F)cc1CSC. The first kappa shape index (κ1) is 19.9. The highest BCUT2D eigenvalue weighted by Crippen LogP contribution is 2.17. The van der Waals surface area contributed by atoms with Crippen LogP contribution in [0, 0.1) is 5.82 Å². The normalized spacial score (nSPS) is 11.5. The first-order chi connectivity index (χ1) is 13.7. The van der Waals surface area contributed by atoms with Crippen molar-refractivity contribution in [2.24, 2.45) is 4.99 Å². The van der Waals surface area contributed by atoms with Gasteiger partial charge < -0.3 is 10.6 Å². The number of nitrogens with zero attached hydrogens (tertiary/aromatic N) is 3. The molecule has 146 valence electrons. The summed E-state index contributed by atoms with van der Waals surface area (Å²) < 4.78 is 13.5. The molecule has 0 aliphatic carbocycles. The molecule has 0 fully saturated rings. The van der Waals surface area contributed by atoms with Crippen molar-refractivity contribution in [3.8, 4) is 11.4 Å². The summed E-state index contributed by atoms with van der Waals surface area (Å²) in [7, 11) is 1.73. The van der Waals surface area contributed by atoms with E-state index in [1.165, 1.54) is 12.4 Å². The van der Waals surface area contributed by atoms with Crippen LogP contribution in [0.5, 0.6) is 0 Å². The molecule has 3 N–H and O–H groups in total. The van der Waals surface area contributed by atoms with Gasteiger partial charge in [-0.25, -0.2) is 9.37 Å². The van der Waals surface area contributed by atoms with Gasteiger partial charge in [0.1, 0.15) is 12.1 Å². The number of nitrogens with one attached hydrogen (secondary N) is 3. The molecule has 2 aromatic carbocycles. The zero-order valence-corrected chi connectivity index (χ0v) is 16.7. The zero-order chi connectivity index (χ0) is 19.8. The van der Waals surface area contributed by atoms with Gasteiger partial charge in [-0.3, -0.25) is 10.1 Å². The molecule has 3 aromatic rings. The fourth-order valence-electron chi connectivity index (χ4n) is 2.82. The highest BCUT2D eigenvalue weighted by Gasteiger charge is 2.06. The molecule has 3 rings (SSSR count). The summed E-state index contributed by atoms with van der Waals surface area (Å²) in [6.45, 7) is 1.19. The van der Waals surface area contributed by atoms with Crippen LogP contribution in [-0.4, -0.2) is 34.4 Å². The van der Waals surface area contributed by atoms with Crippen molar-refractivity contribution in [2.75, 3.05) is 13.3 Å². The van der Waals surface area contributed by atoms with E-state index < -0.39 is 0 Å². The van der Waals surface area contributed by atoms with Gasteiger partial charge in [0.2, 0.25) is 0 Å². The second-order valence-electron chi connectivity index (χ2n) is 6.16. The molecule has 0 bridgehead atoms. The van der Waals surface area contributed by atoms with Gasteiger partial charge in [0.15, 0.2) is 11.8 Å². The van der Waals surface area contributed by atoms with Crippen LogP contribution in [-0.2, 0) is 18.8 Å². The smallest absolute Gasteiger partial charge is 0.191 e. The Morgan fingerprint density at radius 1 is 1.14 bits per heavy atom. The lowest BCUT2D eigenvalue weighted by atomic mass is 10.1. The number of aromatic amines is 1. The van der Waals surface area contributed by atoms with Gasteiger partial charge in [0, 0.05) is 31.5 Å². The minimum Gasteiger partial charge on any atom is -0.352 e. The number of hydrogen-bond acceptors (Lipinski definition) is 4. The van der Waals surface area contributed by atoms with Gasteiger partial charge in [-0.05, 0) is 41.1 Å². The quantitative estimate of drug-likeness (QED) is 0.420. The molecule has 0 aliphatic heterocycles. The highest BCUT2D eigenvalue weighted by atomic mass is 32.2. The number of guanidine groups is 1. The Morgan fingerprint density at radius 2 is 2.00 bits per heavy atom. The standard InChI is InChI=1S/C20H23FN6S/c1-22-20(24-11-16-6-7-18(21)9-17(16)12-28-2)23-10-14-4-3-5-15(8-14)19-25-13-26-27-19/h3-9,13H,10-12H2,1-2H3,(H2,22,23,24)(H,25,26,27). The molecule has 1 heterocycles. The molecule has 0 saturated heterocycles. The van der Waals surface area contributed by atoms with E-state index in [-0.39, 0.29) is 5.82 Å². The van der Waals surface area contributed by atoms with E-state index in [1.807, 2.05) is 30.5 Å². The van der Waals surface area contributed by atoms with Gasteiger partial charge in [-0.2, -0.15) is 16.9 Å². The summed E-state index contributed by atoms with van der Waals surface area (Å²) in [4.78, 5) is 8.45. The highest BCUT2D eigenvalue weighted by molar-refractivity contribution is 7.97. The summed E-state index contributed by atoms with van der Waals surface area (Å²) in [6.07, 6.45) is 3.50. The maximum atomic E-state index is 13.5. The van der Waals surface area contributed by atoms with Crippen LogP contribution in [0.25, 0.3) is 11.4 Å². The largest absolute Gasteiger partial charge is 0.352 e. The summed E-state index contributed by atoms with van der Waals surface area (Å²) >= 11 is 1.67. The molecule has 0 aliphatic rings. The van der Waals surface area contributed by atoms with Crippen LogP contribution < -0.4 is 10.6 Å². The van der Waals surface area contributed by atoms with E-state index in [0.717, 1.165) is 33.8 Å². The molecule has 0 saturated carbocycles. The van der Waals surface area contributed by atoms with Gasteiger partial charge in [-0.15, -0.1) is 0 Å². The lowest BCUT2D eigenvalue weighted by Gasteiger charge is -2.14. The Hall–Kier alpha value is -2.87. The van der Waals surface area contributed by atoms with E-state index in [4.69, 9.17) is 0 Å². The fourth-order valence-corrected chi connectivity index (χ4v) is 3.40. The number of aromatic nitrogens is 3. The lowest BCUT2D eigenvalue weighted by Crippen LogP contribution is -2.36. The third kappa shape index (κ3) is 5.32. The number of thioether (sulfide) groups is 1. The third-order valence-electron chi connectivity index (χ3n) is 4.21. The number of halogens is 1. The van der Waals surface area contributed by atoms with Crippen molar-refractivity contribution >= 4 is 17.7 Å². The fraction of sp³-hybridized carbons (Fsp3) is 0.250. The van der Waals surface area contributed by atoms with Crippen molar-refractivity contribution in [2.45, 2.75) is 18.8 Å². The third-order valence-corrected chi connectivity index (χ3v) is 4.81. The van der Waals surface area contributed by atoms with E-state index in [9.17, 15) is 4.39 Å². The molecular weight excluding hydrogens is 375 g/mol. The predicted molar refractivity (Wildman–Crippen MR) is 112 cm³/mol. The maximum absolute atomic E-state index is 13.5. The molecule has 0 atom stereocenters. The van der Waals surface area contributed by atoms with E-state index >= 15 is 0 Å². The average molecular weight is 399 g/mol. The second-order valence-corrected chi connectivity index (χ2v) is 7.03. The molecule has 6 nitrogen and oxygen atoms in total. The van der Waals surface area contributed by atoms with E-state index in [1.54, 1.807) is 24.9 Å². The molecule has 0 unspecified atom stereocenters. The Bertz CT molecular complexity index is 926. The molecule has 28 heavy (non-hydrogen) atoms. The zero-order valence-electron chi connectivity index (χ0n) is 15.9.